The lowest BCUT2D eigenvalue weighted by molar-refractivity contribution is 0.0606. The maximum atomic E-state index is 12.3. The van der Waals surface area contributed by atoms with Crippen LogP contribution in [0.4, 0.5) is 10.5 Å². The van der Waals surface area contributed by atoms with Crippen LogP contribution in [0.15, 0.2) is 28.5 Å². The standard InChI is InChI=1S/C13H8Cl3NO5S2/c1-22-12(18)10-2-6(5-23-10)17-13(19)24(20,21)11-4-8(15)7(14)3-9(11)16/h2-5H,1H3,(H,17,19). The third kappa shape index (κ3) is 3.84. The lowest BCUT2D eigenvalue weighted by Gasteiger charge is -2.08. The Hall–Kier alpha value is -1.32. The molecule has 0 saturated carbocycles. The zero-order valence-corrected chi connectivity index (χ0v) is 15.7. The highest BCUT2D eigenvalue weighted by molar-refractivity contribution is 8.06. The van der Waals surface area contributed by atoms with Gasteiger partial charge in [0.25, 0.3) is 9.84 Å². The van der Waals surface area contributed by atoms with E-state index in [0.717, 1.165) is 23.5 Å². The van der Waals surface area contributed by atoms with Crippen molar-refractivity contribution in [2.75, 3.05) is 12.4 Å². The molecule has 11 heteroatoms. The number of hydrogen-bond acceptors (Lipinski definition) is 6. The molecule has 0 unspecified atom stereocenters. The number of amides is 1. The van der Waals surface area contributed by atoms with Crippen LogP contribution in [-0.4, -0.2) is 26.7 Å². The molecule has 1 aromatic carbocycles. The fraction of sp³-hybridized carbons (Fsp3) is 0.0769. The van der Waals surface area contributed by atoms with Gasteiger partial charge in [-0.2, -0.15) is 0 Å². The third-order valence-corrected chi connectivity index (χ3v) is 6.30. The van der Waals surface area contributed by atoms with Crippen LogP contribution in [0.1, 0.15) is 9.67 Å². The van der Waals surface area contributed by atoms with Gasteiger partial charge in [-0.3, -0.25) is 4.79 Å². The van der Waals surface area contributed by atoms with Crippen LogP contribution >= 0.6 is 46.1 Å². The molecule has 1 heterocycles. The molecule has 1 N–H and O–H groups in total. The van der Waals surface area contributed by atoms with Gasteiger partial charge in [0.2, 0.25) is 0 Å². The molecule has 6 nitrogen and oxygen atoms in total. The van der Waals surface area contributed by atoms with Crippen LogP contribution in [0, 0.1) is 0 Å². The molecule has 0 saturated heterocycles. The number of anilines is 1. The van der Waals surface area contributed by atoms with Gasteiger partial charge in [0, 0.05) is 5.38 Å². The van der Waals surface area contributed by atoms with Crippen molar-refractivity contribution in [3.05, 3.63) is 43.5 Å². The summed E-state index contributed by atoms with van der Waals surface area (Å²) in [7, 11) is -3.25. The fourth-order valence-corrected chi connectivity index (χ4v) is 4.32. The summed E-state index contributed by atoms with van der Waals surface area (Å²) in [5.74, 6) is -0.601. The molecule has 0 aliphatic carbocycles. The maximum Gasteiger partial charge on any atom is 0.348 e. The summed E-state index contributed by atoms with van der Waals surface area (Å²) in [6.07, 6.45) is 0. The van der Waals surface area contributed by atoms with Crippen molar-refractivity contribution in [1.82, 2.24) is 0 Å². The van der Waals surface area contributed by atoms with Crippen molar-refractivity contribution in [2.24, 2.45) is 0 Å². The number of benzene rings is 1. The second-order valence-corrected chi connectivity index (χ2v) is 8.25. The Kier molecular flexibility index (Phi) is 5.77. The van der Waals surface area contributed by atoms with E-state index < -0.39 is 25.9 Å². The molecule has 128 valence electrons. The summed E-state index contributed by atoms with van der Waals surface area (Å²) >= 11 is 18.3. The van der Waals surface area contributed by atoms with E-state index in [-0.39, 0.29) is 25.6 Å². The van der Waals surface area contributed by atoms with Crippen molar-refractivity contribution in [1.29, 1.82) is 0 Å². The molecular formula is C13H8Cl3NO5S2. The van der Waals surface area contributed by atoms with Crippen molar-refractivity contribution in [3.63, 3.8) is 0 Å². The zero-order chi connectivity index (χ0) is 18.1. The van der Waals surface area contributed by atoms with Gasteiger partial charge in [0.15, 0.2) is 0 Å². The number of rotatable bonds is 3. The number of methoxy groups -OCH3 is 1. The van der Waals surface area contributed by atoms with Crippen molar-refractivity contribution < 1.29 is 22.7 Å². The molecule has 1 amide bonds. The highest BCUT2D eigenvalue weighted by atomic mass is 35.5. The summed E-state index contributed by atoms with van der Waals surface area (Å²) in [6.45, 7) is 0. The number of carbonyl (C=O) groups is 2. The molecule has 0 radical (unpaired) electrons. The van der Waals surface area contributed by atoms with Gasteiger partial charge in [-0.25, -0.2) is 13.2 Å². The number of hydrogen-bond donors (Lipinski definition) is 1. The molecule has 0 fully saturated rings. The fourth-order valence-electron chi connectivity index (χ4n) is 1.60. The number of esters is 1. The second-order valence-electron chi connectivity index (χ2n) is 4.30. The molecule has 0 aliphatic rings. The van der Waals surface area contributed by atoms with E-state index in [9.17, 15) is 18.0 Å². The van der Waals surface area contributed by atoms with Crippen LogP contribution in [0.3, 0.4) is 0 Å². The Balaban J connectivity index is 2.30. The van der Waals surface area contributed by atoms with Gasteiger partial charge in [-0.15, -0.1) is 11.3 Å². The first-order valence-electron chi connectivity index (χ1n) is 6.04. The first-order valence-corrected chi connectivity index (χ1v) is 9.54. The van der Waals surface area contributed by atoms with Gasteiger partial charge in [-0.1, -0.05) is 34.8 Å². The normalized spacial score (nSPS) is 11.2. The van der Waals surface area contributed by atoms with E-state index in [2.05, 4.69) is 10.1 Å². The van der Waals surface area contributed by atoms with Crippen LogP contribution in [0.25, 0.3) is 0 Å². The second kappa shape index (κ2) is 7.28. The predicted molar refractivity (Wildman–Crippen MR) is 93.3 cm³/mol. The summed E-state index contributed by atoms with van der Waals surface area (Å²) < 4.78 is 29.2. The number of halogens is 3. The molecular weight excluding hydrogens is 421 g/mol. The Morgan fingerprint density at radius 1 is 1.08 bits per heavy atom. The maximum absolute atomic E-state index is 12.3. The molecule has 2 aromatic rings. The Bertz CT molecular complexity index is 924. The minimum atomic E-state index is -4.46. The smallest absolute Gasteiger partial charge is 0.348 e. The highest BCUT2D eigenvalue weighted by Crippen LogP contribution is 2.33. The number of sulfone groups is 1. The topological polar surface area (TPSA) is 89.5 Å². The summed E-state index contributed by atoms with van der Waals surface area (Å²) in [5.41, 5.74) is 0.130. The molecule has 2 rings (SSSR count). The predicted octanol–water partition coefficient (Wildman–Crippen LogP) is 4.50. The molecule has 0 atom stereocenters. The summed E-state index contributed by atoms with van der Waals surface area (Å²) in [4.78, 5) is 23.2. The van der Waals surface area contributed by atoms with E-state index in [1.54, 1.807) is 0 Å². The number of nitrogens with one attached hydrogen (secondary N) is 1. The largest absolute Gasteiger partial charge is 0.465 e. The molecule has 0 spiro atoms. The SMILES string of the molecule is COC(=O)c1cc(NC(=O)S(=O)(=O)c2cc(Cl)c(Cl)cc2Cl)cs1. The highest BCUT2D eigenvalue weighted by Gasteiger charge is 2.29. The Labute approximate surface area is 156 Å². The summed E-state index contributed by atoms with van der Waals surface area (Å²) in [5, 5.41) is 2.02. The van der Waals surface area contributed by atoms with E-state index in [1.165, 1.54) is 18.6 Å². The van der Waals surface area contributed by atoms with Crippen molar-refractivity contribution >= 4 is 72.9 Å². The minimum Gasteiger partial charge on any atom is -0.465 e. The Morgan fingerprint density at radius 2 is 1.71 bits per heavy atom. The van der Waals surface area contributed by atoms with Crippen molar-refractivity contribution in [2.45, 2.75) is 4.90 Å². The van der Waals surface area contributed by atoms with Gasteiger partial charge in [-0.05, 0) is 18.2 Å². The Morgan fingerprint density at radius 3 is 2.33 bits per heavy atom. The van der Waals surface area contributed by atoms with Crippen molar-refractivity contribution in [3.8, 4) is 0 Å². The van der Waals surface area contributed by atoms with Crippen LogP contribution in [0.5, 0.6) is 0 Å². The van der Waals surface area contributed by atoms with Gasteiger partial charge in [0.1, 0.15) is 4.88 Å². The van der Waals surface area contributed by atoms with Crippen LogP contribution < -0.4 is 5.32 Å². The monoisotopic (exact) mass is 427 g/mol. The lowest BCUT2D eigenvalue weighted by atomic mass is 10.4. The van der Waals surface area contributed by atoms with Crippen LogP contribution in [0.2, 0.25) is 15.1 Å². The molecule has 0 aliphatic heterocycles. The zero-order valence-electron chi connectivity index (χ0n) is 11.8. The van der Waals surface area contributed by atoms with Gasteiger partial charge < -0.3 is 10.1 Å². The first kappa shape index (κ1) is 19.0. The number of carbonyl (C=O) groups excluding carboxylic acids is 2. The molecule has 0 bridgehead atoms. The number of thiophene rings is 1. The lowest BCUT2D eigenvalue weighted by Crippen LogP contribution is -2.21. The molecule has 1 aromatic heterocycles. The minimum absolute atomic E-state index is 0.0570. The quantitative estimate of drug-likeness (QED) is 0.574. The number of ether oxygens (including phenoxy) is 1. The van der Waals surface area contributed by atoms with E-state index >= 15 is 0 Å². The van der Waals surface area contributed by atoms with E-state index in [4.69, 9.17) is 34.8 Å². The summed E-state index contributed by atoms with van der Waals surface area (Å²) in [6, 6.07) is 3.42. The average Bonchev–Trinajstić information content (AvgIpc) is 2.98. The molecule has 24 heavy (non-hydrogen) atoms. The van der Waals surface area contributed by atoms with Crippen LogP contribution in [-0.2, 0) is 14.6 Å². The van der Waals surface area contributed by atoms with E-state index in [1.807, 2.05) is 0 Å². The van der Waals surface area contributed by atoms with Gasteiger partial charge >= 0.3 is 11.2 Å². The third-order valence-electron chi connectivity index (χ3n) is 2.74. The van der Waals surface area contributed by atoms with E-state index in [0.29, 0.717) is 0 Å². The first-order chi connectivity index (χ1) is 11.2. The van der Waals surface area contributed by atoms with Gasteiger partial charge in [0.05, 0.1) is 32.8 Å². The average molecular weight is 429 g/mol.